The molecule has 0 bridgehead atoms. The number of anilines is 1. The Morgan fingerprint density at radius 1 is 1.10 bits per heavy atom. The third kappa shape index (κ3) is 6.85. The highest BCUT2D eigenvalue weighted by atomic mass is 35.5. The molecule has 0 aliphatic heterocycles. The van der Waals surface area contributed by atoms with Crippen LogP contribution in [0.1, 0.15) is 19.4 Å². The van der Waals surface area contributed by atoms with Crippen LogP contribution in [0, 0.1) is 0 Å². The monoisotopic (exact) mass is 485 g/mol. The van der Waals surface area contributed by atoms with Gasteiger partial charge in [-0.25, -0.2) is 8.42 Å². The van der Waals surface area contributed by atoms with Gasteiger partial charge in [0, 0.05) is 18.1 Å². The van der Waals surface area contributed by atoms with Gasteiger partial charge in [0.1, 0.15) is 12.6 Å². The molecule has 0 saturated carbocycles. The molecule has 0 radical (unpaired) electrons. The van der Waals surface area contributed by atoms with E-state index in [4.69, 9.17) is 23.2 Å². The Balaban J connectivity index is 2.40. The zero-order chi connectivity index (χ0) is 23.2. The minimum absolute atomic E-state index is 0.0812. The van der Waals surface area contributed by atoms with Gasteiger partial charge in [0.05, 0.1) is 17.0 Å². The van der Waals surface area contributed by atoms with E-state index in [9.17, 15) is 18.0 Å². The molecule has 0 saturated heterocycles. The second-order valence-corrected chi connectivity index (χ2v) is 9.69. The van der Waals surface area contributed by atoms with Crippen LogP contribution in [0.25, 0.3) is 0 Å². The van der Waals surface area contributed by atoms with E-state index >= 15 is 0 Å². The van der Waals surface area contributed by atoms with Crippen LogP contribution in [0.4, 0.5) is 5.69 Å². The Kier molecular flexibility index (Phi) is 8.73. The lowest BCUT2D eigenvalue weighted by molar-refractivity contribution is -0.139. The van der Waals surface area contributed by atoms with Crippen molar-refractivity contribution in [1.82, 2.24) is 10.2 Å². The lowest BCUT2D eigenvalue weighted by atomic mass is 10.1. The molecule has 0 unspecified atom stereocenters. The highest BCUT2D eigenvalue weighted by molar-refractivity contribution is 7.92. The Morgan fingerprint density at radius 3 is 2.35 bits per heavy atom. The number of halogens is 2. The van der Waals surface area contributed by atoms with Gasteiger partial charge in [-0.2, -0.15) is 0 Å². The molecule has 1 atom stereocenters. The molecule has 0 spiro atoms. The molecule has 2 aromatic carbocycles. The smallest absolute Gasteiger partial charge is 0.244 e. The summed E-state index contributed by atoms with van der Waals surface area (Å²) in [6, 6.07) is 12.4. The minimum Gasteiger partial charge on any atom is -0.355 e. The lowest BCUT2D eigenvalue weighted by Gasteiger charge is -2.31. The average molecular weight is 486 g/mol. The largest absolute Gasteiger partial charge is 0.355 e. The van der Waals surface area contributed by atoms with Crippen LogP contribution in [-0.4, -0.2) is 50.5 Å². The fourth-order valence-electron chi connectivity index (χ4n) is 2.99. The van der Waals surface area contributed by atoms with E-state index in [1.807, 2.05) is 0 Å². The molecule has 0 aromatic heterocycles. The highest BCUT2D eigenvalue weighted by Gasteiger charge is 2.30. The minimum atomic E-state index is -3.83. The molecule has 31 heavy (non-hydrogen) atoms. The van der Waals surface area contributed by atoms with Crippen LogP contribution in [0.5, 0.6) is 0 Å². The topological polar surface area (TPSA) is 86.8 Å². The molecule has 168 valence electrons. The number of carbonyl (C=O) groups is 2. The number of nitrogens with zero attached hydrogens (tertiary/aromatic N) is 2. The number of rotatable bonds is 9. The maximum atomic E-state index is 13.3. The van der Waals surface area contributed by atoms with E-state index < -0.39 is 28.5 Å². The number of hydrogen-bond donors (Lipinski definition) is 1. The van der Waals surface area contributed by atoms with E-state index in [1.54, 1.807) is 56.3 Å². The molecule has 2 aromatic rings. The molecule has 7 nitrogen and oxygen atoms in total. The van der Waals surface area contributed by atoms with Crippen molar-refractivity contribution in [2.45, 2.75) is 26.4 Å². The van der Waals surface area contributed by atoms with Crippen LogP contribution < -0.4 is 9.62 Å². The van der Waals surface area contributed by atoms with E-state index in [2.05, 4.69) is 5.32 Å². The Labute approximate surface area is 193 Å². The van der Waals surface area contributed by atoms with Crippen molar-refractivity contribution in [2.75, 3.05) is 23.7 Å². The van der Waals surface area contributed by atoms with Crippen molar-refractivity contribution in [2.24, 2.45) is 0 Å². The van der Waals surface area contributed by atoms with Gasteiger partial charge in [-0.05, 0) is 43.7 Å². The number of nitrogens with one attached hydrogen (secondary N) is 1. The predicted octanol–water partition coefficient (Wildman–Crippen LogP) is 3.31. The van der Waals surface area contributed by atoms with Gasteiger partial charge in [0.2, 0.25) is 21.8 Å². The number of para-hydroxylation sites is 1. The summed E-state index contributed by atoms with van der Waals surface area (Å²) in [7, 11) is -3.83. The van der Waals surface area contributed by atoms with Gasteiger partial charge >= 0.3 is 0 Å². The number of benzene rings is 2. The van der Waals surface area contributed by atoms with Gasteiger partial charge in [-0.3, -0.25) is 13.9 Å². The third-order valence-electron chi connectivity index (χ3n) is 4.56. The summed E-state index contributed by atoms with van der Waals surface area (Å²) in [5.41, 5.74) is 0.897. The van der Waals surface area contributed by atoms with E-state index in [0.717, 1.165) is 10.6 Å². The van der Waals surface area contributed by atoms with Crippen molar-refractivity contribution in [3.8, 4) is 0 Å². The summed E-state index contributed by atoms with van der Waals surface area (Å²) < 4.78 is 25.8. The van der Waals surface area contributed by atoms with Gasteiger partial charge in [0.25, 0.3) is 0 Å². The summed E-state index contributed by atoms with van der Waals surface area (Å²) in [4.78, 5) is 27.1. The number of carbonyl (C=O) groups excluding carboxylic acids is 2. The first-order valence-electron chi connectivity index (χ1n) is 9.58. The van der Waals surface area contributed by atoms with E-state index in [1.165, 1.54) is 11.0 Å². The zero-order valence-electron chi connectivity index (χ0n) is 17.5. The quantitative estimate of drug-likeness (QED) is 0.589. The van der Waals surface area contributed by atoms with Crippen molar-refractivity contribution >= 4 is 50.7 Å². The number of sulfonamides is 1. The van der Waals surface area contributed by atoms with Crippen LogP contribution in [0.3, 0.4) is 0 Å². The van der Waals surface area contributed by atoms with Crippen molar-refractivity contribution in [1.29, 1.82) is 0 Å². The predicted molar refractivity (Wildman–Crippen MR) is 124 cm³/mol. The Bertz CT molecular complexity index is 1050. The molecule has 2 amide bonds. The Morgan fingerprint density at radius 2 is 1.77 bits per heavy atom. The molecule has 2 rings (SSSR count). The number of hydrogen-bond acceptors (Lipinski definition) is 4. The lowest BCUT2D eigenvalue weighted by Crippen LogP contribution is -2.51. The summed E-state index contributed by atoms with van der Waals surface area (Å²) >= 11 is 12.2. The van der Waals surface area contributed by atoms with Gasteiger partial charge in [0.15, 0.2) is 0 Å². The SMILES string of the molecule is CCNC(=O)[C@@H](C)N(Cc1cccc(Cl)c1)C(=O)CN(c1ccccc1Cl)S(C)(=O)=O. The second kappa shape index (κ2) is 10.8. The van der Waals surface area contributed by atoms with Crippen molar-refractivity contribution in [3.05, 3.63) is 64.1 Å². The normalized spacial score (nSPS) is 12.2. The molecule has 0 fully saturated rings. The Hall–Kier alpha value is -2.29. The van der Waals surface area contributed by atoms with Gasteiger partial charge < -0.3 is 10.2 Å². The number of likely N-dealkylation sites (N-methyl/N-ethyl adjacent to an activating group) is 1. The molecule has 0 heterocycles. The molecule has 1 N–H and O–H groups in total. The first-order valence-corrected chi connectivity index (χ1v) is 12.2. The van der Waals surface area contributed by atoms with Gasteiger partial charge in [-0.15, -0.1) is 0 Å². The van der Waals surface area contributed by atoms with Gasteiger partial charge in [-0.1, -0.05) is 47.5 Å². The molecular formula is C21H25Cl2N3O4S. The molecule has 10 heteroatoms. The summed E-state index contributed by atoms with van der Waals surface area (Å²) in [6.07, 6.45) is 0.998. The van der Waals surface area contributed by atoms with Crippen LogP contribution in [0.15, 0.2) is 48.5 Å². The first kappa shape index (κ1) is 25.0. The summed E-state index contributed by atoms with van der Waals surface area (Å²) in [6.45, 7) is 3.34. The van der Waals surface area contributed by atoms with Crippen LogP contribution in [0.2, 0.25) is 10.0 Å². The average Bonchev–Trinajstić information content (AvgIpc) is 2.69. The molecule has 0 aliphatic carbocycles. The molecular weight excluding hydrogens is 461 g/mol. The van der Waals surface area contributed by atoms with Crippen molar-refractivity contribution < 1.29 is 18.0 Å². The first-order chi connectivity index (χ1) is 14.5. The maximum Gasteiger partial charge on any atom is 0.244 e. The van der Waals surface area contributed by atoms with Crippen LogP contribution in [-0.2, 0) is 26.2 Å². The van der Waals surface area contributed by atoms with Crippen LogP contribution >= 0.6 is 23.2 Å². The fraction of sp³-hybridized carbons (Fsp3) is 0.333. The number of amides is 2. The van der Waals surface area contributed by atoms with Crippen molar-refractivity contribution in [3.63, 3.8) is 0 Å². The summed E-state index contributed by atoms with van der Waals surface area (Å²) in [5.74, 6) is -0.898. The second-order valence-electron chi connectivity index (χ2n) is 6.94. The highest BCUT2D eigenvalue weighted by Crippen LogP contribution is 2.27. The standard InChI is InChI=1S/C21H25Cl2N3O4S/c1-4-24-21(28)15(2)25(13-16-8-7-9-17(22)12-16)20(27)14-26(31(3,29)30)19-11-6-5-10-18(19)23/h5-12,15H,4,13-14H2,1-3H3,(H,24,28)/t15-/m1/s1. The summed E-state index contributed by atoms with van der Waals surface area (Å²) in [5, 5.41) is 3.37. The third-order valence-corrected chi connectivity index (χ3v) is 6.24. The zero-order valence-corrected chi connectivity index (χ0v) is 19.8. The maximum absolute atomic E-state index is 13.3. The van der Waals surface area contributed by atoms with E-state index in [-0.39, 0.29) is 23.2 Å². The van der Waals surface area contributed by atoms with E-state index in [0.29, 0.717) is 17.1 Å². The molecule has 0 aliphatic rings. The fourth-order valence-corrected chi connectivity index (χ4v) is 4.35.